The number of rotatable bonds is 7. The van der Waals surface area contributed by atoms with Crippen LogP contribution in [0.3, 0.4) is 0 Å². The first kappa shape index (κ1) is 15.3. The third-order valence-electron chi connectivity index (χ3n) is 3.52. The predicted octanol–water partition coefficient (Wildman–Crippen LogP) is 3.94. The van der Waals surface area contributed by atoms with Crippen molar-refractivity contribution in [2.45, 2.75) is 25.9 Å². The van der Waals surface area contributed by atoms with Gasteiger partial charge in [-0.2, -0.15) is 0 Å². The van der Waals surface area contributed by atoms with Gasteiger partial charge in [0, 0.05) is 49.7 Å². The highest BCUT2D eigenvalue weighted by Crippen LogP contribution is 2.19. The molecule has 0 atom stereocenters. The molecule has 0 radical (unpaired) electrons. The summed E-state index contributed by atoms with van der Waals surface area (Å²) >= 11 is 7.92. The number of aliphatic imine (C=N–C) groups is 1. The van der Waals surface area contributed by atoms with Gasteiger partial charge in [-0.25, -0.2) is 4.98 Å². The van der Waals surface area contributed by atoms with Crippen molar-refractivity contribution in [2.24, 2.45) is 4.99 Å². The Morgan fingerprint density at radius 1 is 1.23 bits per heavy atom. The molecule has 1 aliphatic heterocycles. The molecule has 114 valence electrons. The van der Waals surface area contributed by atoms with E-state index in [2.05, 4.69) is 19.9 Å². The predicted molar refractivity (Wildman–Crippen MR) is 91.3 cm³/mol. The summed E-state index contributed by atoms with van der Waals surface area (Å²) in [5.74, 6) is 0. The van der Waals surface area contributed by atoms with Gasteiger partial charge in [-0.3, -0.25) is 14.9 Å². The fraction of sp³-hybridized carbons (Fsp3) is 0.312. The fourth-order valence-electron chi connectivity index (χ4n) is 2.33. The Kier molecular flexibility index (Phi) is 5.32. The number of hydrogen-bond donors (Lipinski definition) is 0. The topological polar surface area (TPSA) is 41.4 Å². The van der Waals surface area contributed by atoms with Crippen molar-refractivity contribution >= 4 is 29.2 Å². The summed E-state index contributed by atoms with van der Waals surface area (Å²) in [6, 6.07) is 3.75. The van der Waals surface area contributed by atoms with Gasteiger partial charge in [0.25, 0.3) is 0 Å². The van der Waals surface area contributed by atoms with E-state index in [0.29, 0.717) is 0 Å². The van der Waals surface area contributed by atoms with Crippen molar-refractivity contribution in [1.29, 1.82) is 0 Å². The minimum Gasteiger partial charge on any atom is -0.290 e. The van der Waals surface area contributed by atoms with Crippen molar-refractivity contribution in [3.8, 4) is 0 Å². The largest absolute Gasteiger partial charge is 0.290 e. The molecule has 0 amide bonds. The number of aromatic nitrogens is 2. The van der Waals surface area contributed by atoms with Gasteiger partial charge >= 0.3 is 0 Å². The molecule has 0 saturated carbocycles. The van der Waals surface area contributed by atoms with Crippen molar-refractivity contribution in [3.05, 3.63) is 57.4 Å². The van der Waals surface area contributed by atoms with Crippen LogP contribution < -0.4 is 0 Å². The summed E-state index contributed by atoms with van der Waals surface area (Å²) in [4.78, 5) is 15.3. The van der Waals surface area contributed by atoms with Crippen molar-refractivity contribution in [3.63, 3.8) is 0 Å². The second-order valence-electron chi connectivity index (χ2n) is 5.14. The second kappa shape index (κ2) is 7.63. The molecule has 0 spiro atoms. The number of halogens is 1. The number of pyridine rings is 1. The molecule has 0 aliphatic carbocycles. The van der Waals surface area contributed by atoms with Crippen LogP contribution in [-0.4, -0.2) is 27.6 Å². The maximum atomic E-state index is 6.24. The molecule has 3 heterocycles. The van der Waals surface area contributed by atoms with Crippen LogP contribution in [0.25, 0.3) is 0 Å². The summed E-state index contributed by atoms with van der Waals surface area (Å²) < 4.78 is 0. The Bertz CT molecular complexity index is 667. The fourth-order valence-corrected chi connectivity index (χ4v) is 3.17. The summed E-state index contributed by atoms with van der Waals surface area (Å²) in [6.45, 7) is 2.49. The Hall–Kier alpha value is -1.56. The molecule has 0 unspecified atom stereocenters. The lowest BCUT2D eigenvalue weighted by Crippen LogP contribution is -2.25. The first-order chi connectivity index (χ1) is 10.8. The maximum Gasteiger partial charge on any atom is 0.107 e. The molecule has 2 aromatic rings. The van der Waals surface area contributed by atoms with E-state index in [1.165, 1.54) is 5.57 Å². The zero-order valence-electron chi connectivity index (χ0n) is 12.2. The van der Waals surface area contributed by atoms with Crippen molar-refractivity contribution < 1.29 is 0 Å². The molecule has 2 aromatic heterocycles. The molecule has 6 heteroatoms. The van der Waals surface area contributed by atoms with Crippen LogP contribution in [0.1, 0.15) is 23.5 Å². The van der Waals surface area contributed by atoms with Gasteiger partial charge in [0.15, 0.2) is 0 Å². The average molecular weight is 333 g/mol. The molecule has 0 saturated heterocycles. The monoisotopic (exact) mass is 332 g/mol. The zero-order valence-corrected chi connectivity index (χ0v) is 13.7. The summed E-state index contributed by atoms with van der Waals surface area (Å²) in [5.41, 5.74) is 2.29. The molecular weight excluding hydrogens is 316 g/mol. The van der Waals surface area contributed by atoms with E-state index < -0.39 is 0 Å². The van der Waals surface area contributed by atoms with Gasteiger partial charge in [-0.15, -0.1) is 11.3 Å². The lowest BCUT2D eigenvalue weighted by atomic mass is 10.1. The molecule has 0 aromatic carbocycles. The summed E-state index contributed by atoms with van der Waals surface area (Å²) in [5, 5.41) is 3.84. The first-order valence-electron chi connectivity index (χ1n) is 7.21. The highest BCUT2D eigenvalue weighted by atomic mass is 35.5. The Labute approximate surface area is 139 Å². The van der Waals surface area contributed by atoms with Crippen LogP contribution in [0.5, 0.6) is 0 Å². The lowest BCUT2D eigenvalue weighted by Gasteiger charge is -2.21. The molecule has 1 aliphatic rings. The molecule has 4 nitrogen and oxygen atoms in total. The van der Waals surface area contributed by atoms with Gasteiger partial charge < -0.3 is 0 Å². The van der Waals surface area contributed by atoms with Crippen molar-refractivity contribution in [2.75, 3.05) is 6.54 Å². The molecule has 3 rings (SSSR count). The Morgan fingerprint density at radius 3 is 2.91 bits per heavy atom. The van der Waals surface area contributed by atoms with Crippen LogP contribution in [0.4, 0.5) is 0 Å². The van der Waals surface area contributed by atoms with E-state index in [0.717, 1.165) is 48.2 Å². The van der Waals surface area contributed by atoms with Crippen LogP contribution in [-0.2, 0) is 13.1 Å². The van der Waals surface area contributed by atoms with E-state index in [-0.39, 0.29) is 0 Å². The minimum absolute atomic E-state index is 0.718. The normalized spacial score (nSPS) is 13.8. The molecule has 0 N–H and O–H groups in total. The standard InChI is InChI=1S/C16H17ClN4S/c17-14-2-1-5-19-15(14)11-21(12-16-20-7-9-22-16)8-4-13-3-6-18-10-13/h1-2,5-7,9-10H,3-4,8,11-12H2. The van der Waals surface area contributed by atoms with Crippen LogP contribution >= 0.6 is 22.9 Å². The zero-order chi connectivity index (χ0) is 15.2. The van der Waals surface area contributed by atoms with E-state index in [1.807, 2.05) is 36.1 Å². The van der Waals surface area contributed by atoms with Gasteiger partial charge in [-0.05, 0) is 24.1 Å². The van der Waals surface area contributed by atoms with Gasteiger partial charge in [0.2, 0.25) is 0 Å². The Morgan fingerprint density at radius 2 is 2.18 bits per heavy atom. The number of thiazole rings is 1. The van der Waals surface area contributed by atoms with E-state index in [9.17, 15) is 0 Å². The third kappa shape index (κ3) is 4.22. The van der Waals surface area contributed by atoms with E-state index in [1.54, 1.807) is 17.5 Å². The first-order valence-corrected chi connectivity index (χ1v) is 8.46. The lowest BCUT2D eigenvalue weighted by molar-refractivity contribution is 0.256. The van der Waals surface area contributed by atoms with Crippen LogP contribution in [0, 0.1) is 0 Å². The van der Waals surface area contributed by atoms with Gasteiger partial charge in [0.05, 0.1) is 17.3 Å². The van der Waals surface area contributed by atoms with Gasteiger partial charge in [0.1, 0.15) is 5.01 Å². The number of hydrogen-bond acceptors (Lipinski definition) is 5. The maximum absolute atomic E-state index is 6.24. The average Bonchev–Trinajstić information content (AvgIpc) is 3.20. The van der Waals surface area contributed by atoms with E-state index >= 15 is 0 Å². The second-order valence-corrected chi connectivity index (χ2v) is 6.53. The van der Waals surface area contributed by atoms with Crippen LogP contribution in [0.2, 0.25) is 5.02 Å². The highest BCUT2D eigenvalue weighted by molar-refractivity contribution is 7.09. The smallest absolute Gasteiger partial charge is 0.107 e. The summed E-state index contributed by atoms with van der Waals surface area (Å²) in [6.07, 6.45) is 9.53. The molecular formula is C16H17ClN4S. The highest BCUT2D eigenvalue weighted by Gasteiger charge is 2.13. The molecule has 22 heavy (non-hydrogen) atoms. The minimum atomic E-state index is 0.718. The molecule has 0 bridgehead atoms. The third-order valence-corrected chi connectivity index (χ3v) is 4.62. The SMILES string of the molecule is Clc1cccnc1CN(CCC1=CN=CC1)Cc1nccs1. The summed E-state index contributed by atoms with van der Waals surface area (Å²) in [7, 11) is 0. The van der Waals surface area contributed by atoms with Gasteiger partial charge in [-0.1, -0.05) is 11.6 Å². The van der Waals surface area contributed by atoms with E-state index in [4.69, 9.17) is 11.6 Å². The van der Waals surface area contributed by atoms with Crippen molar-refractivity contribution in [1.82, 2.24) is 14.9 Å². The quantitative estimate of drug-likeness (QED) is 0.771. The molecule has 0 fully saturated rings. The number of nitrogens with zero attached hydrogens (tertiary/aromatic N) is 4. The Balaban J connectivity index is 1.66. The van der Waals surface area contributed by atoms with Crippen LogP contribution in [0.15, 0.2) is 46.7 Å².